The summed E-state index contributed by atoms with van der Waals surface area (Å²) >= 11 is 14.3. The Morgan fingerprint density at radius 1 is 0.655 bits per heavy atom. The fourth-order valence-electron chi connectivity index (χ4n) is 2.84. The monoisotopic (exact) mass is 458 g/mol. The van der Waals surface area contributed by atoms with Crippen LogP contribution in [0.15, 0.2) is 86.3 Å². The highest BCUT2D eigenvalue weighted by atomic mass is 35.5. The molecule has 4 rings (SSSR count). The lowest BCUT2D eigenvalue weighted by Gasteiger charge is -2.21. The Balaban J connectivity index is 1.83. The van der Waals surface area contributed by atoms with Crippen molar-refractivity contribution in [2.45, 2.75) is 9.79 Å². The molecule has 1 aliphatic carbocycles. The van der Waals surface area contributed by atoms with Crippen molar-refractivity contribution in [3.05, 3.63) is 97.7 Å². The number of ketones is 2. The topological polar surface area (TPSA) is 54.4 Å². The number of hydrogen-bond donors (Lipinski definition) is 1. The lowest BCUT2D eigenvalue weighted by atomic mass is 9.93. The lowest BCUT2D eigenvalue weighted by Crippen LogP contribution is -2.19. The number of carbonyl (C=O) groups excluding carboxylic acids is 2. The van der Waals surface area contributed by atoms with Crippen LogP contribution in [0.5, 0.6) is 5.75 Å². The van der Waals surface area contributed by atoms with Crippen molar-refractivity contribution in [1.29, 1.82) is 0 Å². The average Bonchev–Trinajstić information content (AvgIpc) is 2.71. The van der Waals surface area contributed by atoms with Crippen LogP contribution in [0.25, 0.3) is 0 Å². The van der Waals surface area contributed by atoms with Gasteiger partial charge in [0.2, 0.25) is 11.6 Å². The molecular formula is C22H12Cl2O3S2. The van der Waals surface area contributed by atoms with Crippen molar-refractivity contribution in [2.24, 2.45) is 0 Å². The van der Waals surface area contributed by atoms with Gasteiger partial charge in [0.1, 0.15) is 5.75 Å². The summed E-state index contributed by atoms with van der Waals surface area (Å²) in [5.41, 5.74) is 0.237. The molecule has 0 aromatic heterocycles. The Morgan fingerprint density at radius 2 is 1.14 bits per heavy atom. The molecule has 0 radical (unpaired) electrons. The summed E-state index contributed by atoms with van der Waals surface area (Å²) in [6.45, 7) is 0. The second-order valence-corrected chi connectivity index (χ2v) is 9.17. The summed E-state index contributed by atoms with van der Waals surface area (Å²) in [5, 5.41) is 11.4. The summed E-state index contributed by atoms with van der Waals surface area (Å²) < 4.78 is 0. The van der Waals surface area contributed by atoms with E-state index in [1.165, 1.54) is 29.6 Å². The van der Waals surface area contributed by atoms with Gasteiger partial charge in [-0.15, -0.1) is 0 Å². The second kappa shape index (κ2) is 8.28. The molecule has 0 fully saturated rings. The zero-order chi connectivity index (χ0) is 20.5. The highest BCUT2D eigenvalue weighted by Gasteiger charge is 2.35. The number of aromatic hydroxyl groups is 1. The van der Waals surface area contributed by atoms with E-state index in [1.54, 1.807) is 60.7 Å². The molecule has 0 amide bonds. The largest absolute Gasteiger partial charge is 0.507 e. The molecule has 0 saturated heterocycles. The molecule has 1 N–H and O–H groups in total. The predicted octanol–water partition coefficient (Wildman–Crippen LogP) is 6.87. The maximum Gasteiger partial charge on any atom is 0.205 e. The fraction of sp³-hybridized carbons (Fsp3) is 0. The summed E-state index contributed by atoms with van der Waals surface area (Å²) in [6.07, 6.45) is 0. The van der Waals surface area contributed by atoms with Crippen LogP contribution >= 0.6 is 46.7 Å². The predicted molar refractivity (Wildman–Crippen MR) is 118 cm³/mol. The molecular weight excluding hydrogens is 447 g/mol. The van der Waals surface area contributed by atoms with E-state index in [2.05, 4.69) is 0 Å². The molecule has 0 saturated carbocycles. The van der Waals surface area contributed by atoms with Crippen LogP contribution in [0.4, 0.5) is 0 Å². The number of hydrogen-bond acceptors (Lipinski definition) is 5. The highest BCUT2D eigenvalue weighted by Crippen LogP contribution is 2.45. The van der Waals surface area contributed by atoms with Gasteiger partial charge in [-0.25, -0.2) is 0 Å². The Kier molecular flexibility index (Phi) is 5.74. The third-order valence-electron chi connectivity index (χ3n) is 4.20. The van der Waals surface area contributed by atoms with Gasteiger partial charge in [-0.3, -0.25) is 9.59 Å². The molecule has 144 valence electrons. The van der Waals surface area contributed by atoms with Gasteiger partial charge in [-0.05, 0) is 60.7 Å². The number of halogens is 2. The normalized spacial score (nSPS) is 13.6. The first-order chi connectivity index (χ1) is 13.9. The van der Waals surface area contributed by atoms with E-state index in [0.29, 0.717) is 15.0 Å². The number of phenolic OH excluding ortho intramolecular Hbond substituents is 1. The van der Waals surface area contributed by atoms with E-state index < -0.39 is 0 Å². The average molecular weight is 459 g/mol. The van der Waals surface area contributed by atoms with Crippen molar-refractivity contribution in [1.82, 2.24) is 0 Å². The number of phenols is 1. The zero-order valence-electron chi connectivity index (χ0n) is 14.7. The number of allylic oxidation sites excluding steroid dienone is 2. The minimum Gasteiger partial charge on any atom is -0.507 e. The summed E-state index contributed by atoms with van der Waals surface area (Å²) in [4.78, 5) is 28.6. The van der Waals surface area contributed by atoms with Crippen molar-refractivity contribution < 1.29 is 14.7 Å². The Labute approximate surface area is 185 Å². The molecule has 3 nitrogen and oxygen atoms in total. The molecule has 3 aromatic rings. The quantitative estimate of drug-likeness (QED) is 0.461. The first-order valence-electron chi connectivity index (χ1n) is 8.46. The maximum atomic E-state index is 13.3. The third-order valence-corrected chi connectivity index (χ3v) is 7.04. The molecule has 0 heterocycles. The molecule has 0 atom stereocenters. The standard InChI is InChI=1S/C22H12Cl2O3S2/c23-12-4-8-14(9-5-12)28-21-19(26)16-2-1-3-17(25)18(16)20(27)22(21)29-15-10-6-13(24)7-11-15/h1-11,25H. The van der Waals surface area contributed by atoms with Crippen molar-refractivity contribution in [3.8, 4) is 5.75 Å². The van der Waals surface area contributed by atoms with Gasteiger partial charge in [0.25, 0.3) is 0 Å². The Hall–Kier alpha value is -2.18. The molecule has 0 unspecified atom stereocenters. The van der Waals surface area contributed by atoms with Gasteiger partial charge in [0, 0.05) is 25.4 Å². The molecule has 3 aromatic carbocycles. The zero-order valence-corrected chi connectivity index (χ0v) is 17.8. The maximum absolute atomic E-state index is 13.3. The molecule has 29 heavy (non-hydrogen) atoms. The van der Waals surface area contributed by atoms with Crippen LogP contribution in [0, 0.1) is 0 Å². The van der Waals surface area contributed by atoms with Gasteiger partial charge in [0.15, 0.2) is 0 Å². The molecule has 1 aliphatic rings. The smallest absolute Gasteiger partial charge is 0.205 e. The molecule has 0 bridgehead atoms. The minimum absolute atomic E-state index is 0.0365. The van der Waals surface area contributed by atoms with E-state index in [-0.39, 0.29) is 33.3 Å². The Morgan fingerprint density at radius 3 is 1.66 bits per heavy atom. The number of fused-ring (bicyclic) bond motifs is 1. The van der Waals surface area contributed by atoms with Crippen LogP contribution in [-0.4, -0.2) is 16.7 Å². The number of Topliss-reactive ketones (excluding diaryl/α,β-unsaturated/α-hetero) is 2. The van der Waals surface area contributed by atoms with E-state index in [9.17, 15) is 14.7 Å². The lowest BCUT2D eigenvalue weighted by molar-refractivity contribution is 0.0986. The summed E-state index contributed by atoms with van der Waals surface area (Å²) in [7, 11) is 0. The van der Waals surface area contributed by atoms with Crippen LogP contribution in [0.3, 0.4) is 0 Å². The van der Waals surface area contributed by atoms with Gasteiger partial charge < -0.3 is 5.11 Å². The van der Waals surface area contributed by atoms with E-state index in [0.717, 1.165) is 9.79 Å². The van der Waals surface area contributed by atoms with Gasteiger partial charge in [-0.1, -0.05) is 52.8 Å². The number of rotatable bonds is 4. The van der Waals surface area contributed by atoms with Gasteiger partial charge in [-0.2, -0.15) is 0 Å². The van der Waals surface area contributed by atoms with Crippen molar-refractivity contribution in [3.63, 3.8) is 0 Å². The fourth-order valence-corrected chi connectivity index (χ4v) is 5.12. The molecule has 0 aliphatic heterocycles. The number of benzene rings is 3. The SMILES string of the molecule is O=C1C(Sc2ccc(Cl)cc2)=C(Sc2ccc(Cl)cc2)C(=O)c2c(O)cccc21. The highest BCUT2D eigenvalue weighted by molar-refractivity contribution is 8.08. The van der Waals surface area contributed by atoms with Crippen LogP contribution in [-0.2, 0) is 0 Å². The van der Waals surface area contributed by atoms with E-state index in [4.69, 9.17) is 23.2 Å². The van der Waals surface area contributed by atoms with E-state index >= 15 is 0 Å². The molecule has 7 heteroatoms. The van der Waals surface area contributed by atoms with Crippen LogP contribution in [0.2, 0.25) is 10.0 Å². The van der Waals surface area contributed by atoms with Crippen molar-refractivity contribution in [2.75, 3.05) is 0 Å². The van der Waals surface area contributed by atoms with Gasteiger partial charge >= 0.3 is 0 Å². The summed E-state index contributed by atoms with van der Waals surface area (Å²) in [6, 6.07) is 18.6. The first-order valence-corrected chi connectivity index (χ1v) is 10.9. The van der Waals surface area contributed by atoms with Gasteiger partial charge in [0.05, 0.1) is 15.4 Å². The number of thioether (sulfide) groups is 2. The summed E-state index contributed by atoms with van der Waals surface area (Å²) in [5.74, 6) is -0.883. The minimum atomic E-state index is -0.380. The van der Waals surface area contributed by atoms with E-state index in [1.807, 2.05) is 0 Å². The Bertz CT molecular complexity index is 1150. The first kappa shape index (κ1) is 20.1. The third kappa shape index (κ3) is 4.09. The van der Waals surface area contributed by atoms with Crippen LogP contribution in [0.1, 0.15) is 20.7 Å². The molecule has 0 spiro atoms. The van der Waals surface area contributed by atoms with Crippen molar-refractivity contribution >= 4 is 58.3 Å². The second-order valence-electron chi connectivity index (χ2n) is 6.13. The van der Waals surface area contributed by atoms with Crippen LogP contribution < -0.4 is 0 Å². The number of carbonyl (C=O) groups is 2.